The molecule has 1 aromatic heterocycles. The van der Waals surface area contributed by atoms with Crippen molar-refractivity contribution in [2.45, 2.75) is 19.8 Å². The van der Waals surface area contributed by atoms with Crippen LogP contribution >= 0.6 is 0 Å². The maximum absolute atomic E-state index is 8.88. The molecule has 1 aromatic carbocycles. The summed E-state index contributed by atoms with van der Waals surface area (Å²) in [6.07, 6.45) is 2.96. The highest BCUT2D eigenvalue weighted by Crippen LogP contribution is 2.23. The Balaban J connectivity index is 2.22. The average molecular weight is 239 g/mol. The van der Waals surface area contributed by atoms with E-state index in [1.54, 1.807) is 0 Å². The third-order valence-electron chi connectivity index (χ3n) is 2.53. The fourth-order valence-corrected chi connectivity index (χ4v) is 1.51. The van der Waals surface area contributed by atoms with Gasteiger partial charge in [-0.2, -0.15) is 5.26 Å². The lowest BCUT2D eigenvalue weighted by atomic mass is 10.0. The maximum atomic E-state index is 8.88. The lowest BCUT2D eigenvalue weighted by Crippen LogP contribution is -1.94. The molecule has 0 atom stereocenters. The Morgan fingerprint density at radius 2 is 1.78 bits per heavy atom. The van der Waals surface area contributed by atoms with Gasteiger partial charge in [-0.1, -0.05) is 26.0 Å². The molecule has 0 fully saturated rings. The van der Waals surface area contributed by atoms with Crippen LogP contribution in [-0.2, 0) is 0 Å². The van der Waals surface area contributed by atoms with E-state index in [9.17, 15) is 0 Å². The van der Waals surface area contributed by atoms with Gasteiger partial charge in [-0.25, -0.2) is 9.97 Å². The molecule has 0 aliphatic carbocycles. The van der Waals surface area contributed by atoms with Gasteiger partial charge in [-0.05, 0) is 23.6 Å². The van der Waals surface area contributed by atoms with Crippen molar-refractivity contribution in [1.29, 1.82) is 5.26 Å². The summed E-state index contributed by atoms with van der Waals surface area (Å²) in [6.45, 7) is 4.26. The summed E-state index contributed by atoms with van der Waals surface area (Å²) in [6, 6.07) is 9.68. The zero-order chi connectivity index (χ0) is 13.0. The van der Waals surface area contributed by atoms with Crippen molar-refractivity contribution in [3.8, 4) is 17.7 Å². The van der Waals surface area contributed by atoms with Gasteiger partial charge in [0.15, 0.2) is 0 Å². The molecule has 1 heterocycles. The van der Waals surface area contributed by atoms with Crippen LogP contribution in [-0.4, -0.2) is 9.97 Å². The quantitative estimate of drug-likeness (QED) is 0.824. The highest BCUT2D eigenvalue weighted by atomic mass is 16.5. The Morgan fingerprint density at radius 3 is 2.39 bits per heavy atom. The summed E-state index contributed by atoms with van der Waals surface area (Å²) in [5.74, 6) is 1.36. The van der Waals surface area contributed by atoms with Crippen molar-refractivity contribution in [3.63, 3.8) is 0 Å². The van der Waals surface area contributed by atoms with Gasteiger partial charge < -0.3 is 4.74 Å². The molecule has 0 unspecified atom stereocenters. The molecule has 4 heteroatoms. The molecule has 0 N–H and O–H groups in total. The molecule has 0 aliphatic rings. The first-order chi connectivity index (χ1) is 8.70. The van der Waals surface area contributed by atoms with E-state index in [0.717, 1.165) is 0 Å². The van der Waals surface area contributed by atoms with E-state index < -0.39 is 0 Å². The van der Waals surface area contributed by atoms with Crippen LogP contribution in [0.15, 0.2) is 36.7 Å². The number of hydrogen-bond acceptors (Lipinski definition) is 4. The highest BCUT2D eigenvalue weighted by Gasteiger charge is 2.07. The number of benzene rings is 1. The van der Waals surface area contributed by atoms with Crippen molar-refractivity contribution in [2.75, 3.05) is 0 Å². The highest BCUT2D eigenvalue weighted by molar-refractivity contribution is 5.36. The summed E-state index contributed by atoms with van der Waals surface area (Å²) in [5.41, 5.74) is 1.42. The topological polar surface area (TPSA) is 58.8 Å². The molecular formula is C14H13N3O. The Labute approximate surface area is 106 Å². The number of rotatable bonds is 3. The minimum Gasteiger partial charge on any atom is -0.437 e. The lowest BCUT2D eigenvalue weighted by Gasteiger charge is -2.08. The van der Waals surface area contributed by atoms with Crippen LogP contribution in [0.3, 0.4) is 0 Å². The normalized spacial score (nSPS) is 10.1. The van der Waals surface area contributed by atoms with Crippen LogP contribution in [0.5, 0.6) is 11.6 Å². The molecule has 0 saturated heterocycles. The summed E-state index contributed by atoms with van der Waals surface area (Å²) in [4.78, 5) is 7.89. The predicted octanol–water partition coefficient (Wildman–Crippen LogP) is 3.26. The monoisotopic (exact) mass is 239 g/mol. The van der Waals surface area contributed by atoms with Crippen molar-refractivity contribution < 1.29 is 4.74 Å². The van der Waals surface area contributed by atoms with Crippen LogP contribution < -0.4 is 4.74 Å². The Bertz CT molecular complexity index is 570. The third kappa shape index (κ3) is 2.64. The van der Waals surface area contributed by atoms with Gasteiger partial charge >= 0.3 is 0 Å². The van der Waals surface area contributed by atoms with E-state index in [4.69, 9.17) is 10.00 Å². The molecule has 0 spiro atoms. The van der Waals surface area contributed by atoms with E-state index in [2.05, 4.69) is 23.8 Å². The van der Waals surface area contributed by atoms with E-state index in [-0.39, 0.29) is 11.6 Å². The number of ether oxygens (including phenoxy) is 1. The first-order valence-corrected chi connectivity index (χ1v) is 5.69. The van der Waals surface area contributed by atoms with Gasteiger partial charge in [0, 0.05) is 12.4 Å². The minimum absolute atomic E-state index is 0.186. The van der Waals surface area contributed by atoms with E-state index in [1.165, 1.54) is 18.0 Å². The van der Waals surface area contributed by atoms with Gasteiger partial charge in [-0.3, -0.25) is 0 Å². The number of aromatic nitrogens is 2. The van der Waals surface area contributed by atoms with E-state index in [1.807, 2.05) is 30.3 Å². The van der Waals surface area contributed by atoms with Crippen LogP contribution in [0.2, 0.25) is 0 Å². The van der Waals surface area contributed by atoms with E-state index >= 15 is 0 Å². The number of nitrogens with zero attached hydrogens (tertiary/aromatic N) is 3. The summed E-state index contributed by atoms with van der Waals surface area (Å²) in [7, 11) is 0. The molecule has 2 aromatic rings. The smallest absolute Gasteiger partial charge is 0.256 e. The van der Waals surface area contributed by atoms with Gasteiger partial charge in [0.05, 0.1) is 0 Å². The van der Waals surface area contributed by atoms with Gasteiger partial charge in [0.2, 0.25) is 5.69 Å². The predicted molar refractivity (Wildman–Crippen MR) is 67.4 cm³/mol. The van der Waals surface area contributed by atoms with Gasteiger partial charge in [0.1, 0.15) is 11.8 Å². The Morgan fingerprint density at radius 1 is 1.11 bits per heavy atom. The third-order valence-corrected chi connectivity index (χ3v) is 2.53. The summed E-state index contributed by atoms with van der Waals surface area (Å²) >= 11 is 0. The van der Waals surface area contributed by atoms with Crippen molar-refractivity contribution in [2.24, 2.45) is 0 Å². The molecule has 0 amide bonds. The van der Waals surface area contributed by atoms with Crippen LogP contribution in [0, 0.1) is 11.3 Å². The SMILES string of the molecule is CC(C)c1ccc(Oc2nccnc2C#N)cc1. The van der Waals surface area contributed by atoms with Crippen molar-refractivity contribution in [1.82, 2.24) is 9.97 Å². The van der Waals surface area contributed by atoms with Crippen molar-refractivity contribution >= 4 is 0 Å². The Kier molecular flexibility index (Phi) is 3.54. The molecule has 0 radical (unpaired) electrons. The average Bonchev–Trinajstić information content (AvgIpc) is 2.40. The largest absolute Gasteiger partial charge is 0.437 e. The second kappa shape index (κ2) is 5.28. The fraction of sp³-hybridized carbons (Fsp3) is 0.214. The molecule has 90 valence electrons. The Hall–Kier alpha value is -2.41. The first-order valence-electron chi connectivity index (χ1n) is 5.69. The second-order valence-corrected chi connectivity index (χ2v) is 4.15. The van der Waals surface area contributed by atoms with Gasteiger partial charge in [-0.15, -0.1) is 0 Å². The lowest BCUT2D eigenvalue weighted by molar-refractivity contribution is 0.458. The molecule has 18 heavy (non-hydrogen) atoms. The fourth-order valence-electron chi connectivity index (χ4n) is 1.51. The van der Waals surface area contributed by atoms with Gasteiger partial charge in [0.25, 0.3) is 5.88 Å². The zero-order valence-electron chi connectivity index (χ0n) is 10.3. The van der Waals surface area contributed by atoms with Crippen LogP contribution in [0.4, 0.5) is 0 Å². The zero-order valence-corrected chi connectivity index (χ0v) is 10.3. The molecular weight excluding hydrogens is 226 g/mol. The molecule has 4 nitrogen and oxygen atoms in total. The van der Waals surface area contributed by atoms with E-state index in [0.29, 0.717) is 11.7 Å². The minimum atomic E-state index is 0.186. The second-order valence-electron chi connectivity index (χ2n) is 4.15. The summed E-state index contributed by atoms with van der Waals surface area (Å²) < 4.78 is 5.54. The number of nitriles is 1. The molecule has 0 aliphatic heterocycles. The first kappa shape index (κ1) is 12.1. The summed E-state index contributed by atoms with van der Waals surface area (Å²) in [5, 5.41) is 8.88. The molecule has 0 saturated carbocycles. The van der Waals surface area contributed by atoms with Crippen molar-refractivity contribution in [3.05, 3.63) is 47.9 Å². The maximum Gasteiger partial charge on any atom is 0.256 e. The van der Waals surface area contributed by atoms with Crippen LogP contribution in [0.1, 0.15) is 31.0 Å². The standard InChI is InChI=1S/C14H13N3O/c1-10(2)11-3-5-12(6-4-11)18-14-13(9-15)16-7-8-17-14/h3-8,10H,1-2H3. The number of hydrogen-bond donors (Lipinski definition) is 0. The molecule has 0 bridgehead atoms. The van der Waals surface area contributed by atoms with Crippen LogP contribution in [0.25, 0.3) is 0 Å². The molecule has 2 rings (SSSR count).